The summed E-state index contributed by atoms with van der Waals surface area (Å²) in [7, 11) is -1.73. The number of halogens is 2. The monoisotopic (exact) mass is 369 g/mol. The van der Waals surface area contributed by atoms with Crippen molar-refractivity contribution < 1.29 is 10.0 Å². The van der Waals surface area contributed by atoms with E-state index in [9.17, 15) is 10.0 Å². The van der Waals surface area contributed by atoms with E-state index in [1.54, 1.807) is 4.90 Å². The van der Waals surface area contributed by atoms with Crippen LogP contribution in [0.4, 0.5) is 5.69 Å². The predicted octanol–water partition coefficient (Wildman–Crippen LogP) is 0.783. The number of hydrogen-bond acceptors (Lipinski definition) is 7. The average Bonchev–Trinajstić information content (AvgIpc) is 2.49. The fourth-order valence-corrected chi connectivity index (χ4v) is 3.96. The molecule has 6 N–H and O–H groups in total. The summed E-state index contributed by atoms with van der Waals surface area (Å²) in [5, 5.41) is 19.5. The highest BCUT2D eigenvalue weighted by Crippen LogP contribution is 2.41. The number of nitrogens with zero attached hydrogens (tertiary/aromatic N) is 3. The third kappa shape index (κ3) is 2.95. The number of hydrogen-bond donors (Lipinski definition) is 4. The van der Waals surface area contributed by atoms with Gasteiger partial charge in [-0.05, 0) is 37.8 Å². The van der Waals surface area contributed by atoms with Crippen molar-refractivity contribution in [2.24, 2.45) is 21.5 Å². The number of nitrogens with two attached hydrogens (primary N) is 2. The number of benzene rings is 1. The van der Waals surface area contributed by atoms with Crippen molar-refractivity contribution in [2.75, 3.05) is 4.90 Å². The van der Waals surface area contributed by atoms with Crippen molar-refractivity contribution in [1.29, 1.82) is 0 Å². The van der Waals surface area contributed by atoms with Gasteiger partial charge in [-0.3, -0.25) is 4.90 Å². The molecule has 0 unspecified atom stereocenters. The maximum atomic E-state index is 9.53. The predicted molar refractivity (Wildman–Crippen MR) is 97.8 cm³/mol. The van der Waals surface area contributed by atoms with Crippen molar-refractivity contribution in [1.82, 2.24) is 0 Å². The van der Waals surface area contributed by atoms with E-state index in [2.05, 4.69) is 9.98 Å². The second-order valence-corrected chi connectivity index (χ2v) is 6.83. The SMILES string of the molecule is NC1=NC2(CCCCC2)N(c2cc(B(O)O)c(Cl)cc2Cl)C(N)=N1. The molecule has 2 aliphatic rings. The molecule has 0 radical (unpaired) electrons. The summed E-state index contributed by atoms with van der Waals surface area (Å²) in [4.78, 5) is 10.3. The van der Waals surface area contributed by atoms with Gasteiger partial charge in [0.25, 0.3) is 0 Å². The molecule has 1 aromatic carbocycles. The van der Waals surface area contributed by atoms with Crippen LogP contribution in [0.2, 0.25) is 10.0 Å². The summed E-state index contributed by atoms with van der Waals surface area (Å²) in [5.41, 5.74) is 11.9. The normalized spacial score (nSPS) is 19.9. The Labute approximate surface area is 150 Å². The molecule has 0 atom stereocenters. The fourth-order valence-electron chi connectivity index (χ4n) is 3.39. The van der Waals surface area contributed by atoms with Gasteiger partial charge in [0.15, 0.2) is 0 Å². The second-order valence-electron chi connectivity index (χ2n) is 6.02. The molecular weight excluding hydrogens is 352 g/mol. The van der Waals surface area contributed by atoms with E-state index < -0.39 is 12.8 Å². The number of aliphatic imine (C=N–C) groups is 2. The van der Waals surface area contributed by atoms with Crippen LogP contribution in [0.25, 0.3) is 0 Å². The minimum atomic E-state index is -1.73. The molecule has 0 aromatic heterocycles. The van der Waals surface area contributed by atoms with E-state index in [0.717, 1.165) is 32.1 Å². The van der Waals surface area contributed by atoms with Gasteiger partial charge < -0.3 is 21.5 Å². The van der Waals surface area contributed by atoms with Crippen LogP contribution in [0.1, 0.15) is 32.1 Å². The average molecular weight is 370 g/mol. The molecule has 24 heavy (non-hydrogen) atoms. The molecule has 1 aliphatic heterocycles. The van der Waals surface area contributed by atoms with Crippen LogP contribution in [-0.4, -0.2) is 34.7 Å². The van der Waals surface area contributed by atoms with Crippen molar-refractivity contribution in [3.63, 3.8) is 0 Å². The molecule has 7 nitrogen and oxygen atoms in total. The topological polar surface area (TPSA) is 120 Å². The van der Waals surface area contributed by atoms with Gasteiger partial charge in [-0.2, -0.15) is 4.99 Å². The van der Waals surface area contributed by atoms with Crippen molar-refractivity contribution in [2.45, 2.75) is 37.8 Å². The Balaban J connectivity index is 2.15. The summed E-state index contributed by atoms with van der Waals surface area (Å²) >= 11 is 12.4. The molecule has 10 heteroatoms. The Morgan fingerprint density at radius 2 is 1.75 bits per heavy atom. The standard InChI is InChI=1S/C14H18BCl2N5O2/c16-9-7-10(17)11(6-8(9)15(23)24)22-13(19)20-12(18)21-14(22)4-2-1-3-5-14/h6-7,23-24H,1-5H2,(H4,18,19,20,21). The third-order valence-electron chi connectivity index (χ3n) is 4.44. The quantitative estimate of drug-likeness (QED) is 0.574. The fraction of sp³-hybridized carbons (Fsp3) is 0.429. The number of rotatable bonds is 2. The maximum Gasteiger partial charge on any atom is 0.490 e. The number of guanidine groups is 2. The zero-order valence-electron chi connectivity index (χ0n) is 12.9. The van der Waals surface area contributed by atoms with Crippen molar-refractivity contribution in [3.8, 4) is 0 Å². The smallest absolute Gasteiger partial charge is 0.423 e. The first-order valence-electron chi connectivity index (χ1n) is 7.69. The third-order valence-corrected chi connectivity index (χ3v) is 5.07. The van der Waals surface area contributed by atoms with E-state index in [0.29, 0.717) is 10.7 Å². The molecule has 1 fully saturated rings. The van der Waals surface area contributed by atoms with E-state index in [4.69, 9.17) is 34.7 Å². The lowest BCUT2D eigenvalue weighted by Gasteiger charge is -2.46. The Kier molecular flexibility index (Phi) is 4.66. The van der Waals surface area contributed by atoms with Gasteiger partial charge in [0.2, 0.25) is 11.9 Å². The highest BCUT2D eigenvalue weighted by molar-refractivity contribution is 6.63. The summed E-state index contributed by atoms with van der Waals surface area (Å²) in [6, 6.07) is 2.96. The van der Waals surface area contributed by atoms with Gasteiger partial charge in [-0.25, -0.2) is 4.99 Å². The van der Waals surface area contributed by atoms with E-state index in [1.165, 1.54) is 12.1 Å². The molecule has 1 aromatic rings. The largest absolute Gasteiger partial charge is 0.490 e. The van der Waals surface area contributed by atoms with E-state index in [1.807, 2.05) is 0 Å². The first-order chi connectivity index (χ1) is 11.3. The zero-order valence-corrected chi connectivity index (χ0v) is 14.4. The maximum absolute atomic E-state index is 9.53. The summed E-state index contributed by atoms with van der Waals surface area (Å²) in [6.07, 6.45) is 4.55. The molecule has 128 valence electrons. The van der Waals surface area contributed by atoms with Crippen LogP contribution in [0.3, 0.4) is 0 Å². The Hall–Kier alpha value is -1.48. The molecule has 0 amide bonds. The van der Waals surface area contributed by atoms with E-state index >= 15 is 0 Å². The lowest BCUT2D eigenvalue weighted by Crippen LogP contribution is -2.58. The van der Waals surface area contributed by atoms with Crippen LogP contribution >= 0.6 is 23.2 Å². The minimum absolute atomic E-state index is 0.136. The first-order valence-corrected chi connectivity index (χ1v) is 8.44. The van der Waals surface area contributed by atoms with Crippen molar-refractivity contribution >= 4 is 53.4 Å². The van der Waals surface area contributed by atoms with Crippen LogP contribution < -0.4 is 21.8 Å². The molecule has 1 heterocycles. The second kappa shape index (κ2) is 6.44. The molecule has 1 aliphatic carbocycles. The summed E-state index contributed by atoms with van der Waals surface area (Å²) in [5.74, 6) is 0.310. The highest BCUT2D eigenvalue weighted by Gasteiger charge is 2.43. The molecule has 3 rings (SSSR count). The van der Waals surface area contributed by atoms with Gasteiger partial charge in [-0.15, -0.1) is 0 Å². The summed E-state index contributed by atoms with van der Waals surface area (Å²) < 4.78 is 0. The lowest BCUT2D eigenvalue weighted by molar-refractivity contribution is 0.305. The Bertz CT molecular complexity index is 719. The molecule has 0 bridgehead atoms. The van der Waals surface area contributed by atoms with Gasteiger partial charge in [0.1, 0.15) is 5.66 Å². The van der Waals surface area contributed by atoms with Crippen LogP contribution in [0.15, 0.2) is 22.1 Å². The van der Waals surface area contributed by atoms with Crippen LogP contribution in [0.5, 0.6) is 0 Å². The minimum Gasteiger partial charge on any atom is -0.423 e. The Morgan fingerprint density at radius 3 is 2.38 bits per heavy atom. The summed E-state index contributed by atoms with van der Waals surface area (Å²) in [6.45, 7) is 0. The highest BCUT2D eigenvalue weighted by atomic mass is 35.5. The first kappa shape index (κ1) is 17.4. The van der Waals surface area contributed by atoms with Gasteiger partial charge >= 0.3 is 7.12 Å². The van der Waals surface area contributed by atoms with E-state index in [-0.39, 0.29) is 22.4 Å². The van der Waals surface area contributed by atoms with Gasteiger partial charge in [0.05, 0.1) is 10.7 Å². The molecule has 1 spiro atoms. The van der Waals surface area contributed by atoms with Crippen LogP contribution in [0, 0.1) is 0 Å². The molecular formula is C14H18BCl2N5O2. The Morgan fingerprint density at radius 1 is 1.08 bits per heavy atom. The lowest BCUT2D eigenvalue weighted by atomic mass is 9.79. The van der Waals surface area contributed by atoms with Gasteiger partial charge in [-0.1, -0.05) is 29.6 Å². The number of anilines is 1. The van der Waals surface area contributed by atoms with Crippen LogP contribution in [-0.2, 0) is 0 Å². The molecule has 1 saturated carbocycles. The zero-order chi connectivity index (χ0) is 17.5. The molecule has 0 saturated heterocycles. The van der Waals surface area contributed by atoms with Crippen molar-refractivity contribution in [3.05, 3.63) is 22.2 Å². The van der Waals surface area contributed by atoms with Gasteiger partial charge in [0, 0.05) is 10.5 Å².